The minimum atomic E-state index is -4.26. The van der Waals surface area contributed by atoms with Crippen molar-refractivity contribution in [3.8, 4) is 0 Å². The predicted octanol–water partition coefficient (Wildman–Crippen LogP) is 5.17. The molecular weight excluding hydrogens is 541 g/mol. The Balaban J connectivity index is 2.01. The monoisotopic (exact) mass is 573 g/mol. The van der Waals surface area contributed by atoms with E-state index in [2.05, 4.69) is 5.32 Å². The van der Waals surface area contributed by atoms with Crippen LogP contribution in [0.3, 0.4) is 0 Å². The van der Waals surface area contributed by atoms with Crippen LogP contribution in [-0.2, 0) is 26.2 Å². The molecule has 39 heavy (non-hydrogen) atoms. The van der Waals surface area contributed by atoms with E-state index in [1.165, 1.54) is 4.90 Å². The van der Waals surface area contributed by atoms with Gasteiger partial charge in [0.15, 0.2) is 0 Å². The first kappa shape index (κ1) is 30.1. The van der Waals surface area contributed by atoms with Crippen LogP contribution in [0.4, 0.5) is 10.1 Å². The number of anilines is 1. The van der Waals surface area contributed by atoms with Crippen molar-refractivity contribution in [1.82, 2.24) is 10.2 Å². The highest BCUT2D eigenvalue weighted by Crippen LogP contribution is 2.25. The second-order valence-electron chi connectivity index (χ2n) is 9.77. The summed E-state index contributed by atoms with van der Waals surface area (Å²) in [6.45, 7) is 7.26. The first-order valence-corrected chi connectivity index (χ1v) is 14.4. The summed E-state index contributed by atoms with van der Waals surface area (Å²) in [7, 11) is -4.26. The minimum Gasteiger partial charge on any atom is -0.354 e. The van der Waals surface area contributed by atoms with Crippen molar-refractivity contribution >= 4 is 39.1 Å². The van der Waals surface area contributed by atoms with E-state index in [0.29, 0.717) is 17.1 Å². The molecule has 10 heteroatoms. The molecule has 0 spiro atoms. The second-order valence-corrected chi connectivity index (χ2v) is 12.1. The van der Waals surface area contributed by atoms with Gasteiger partial charge >= 0.3 is 0 Å². The molecule has 0 radical (unpaired) electrons. The number of nitrogens with one attached hydrogen (secondary N) is 1. The number of carbonyl (C=O) groups excluding carboxylic acids is 2. The average Bonchev–Trinajstić information content (AvgIpc) is 2.89. The normalized spacial score (nSPS) is 12.2. The fourth-order valence-electron chi connectivity index (χ4n) is 3.84. The molecule has 0 aromatic heterocycles. The van der Waals surface area contributed by atoms with Gasteiger partial charge in [0.2, 0.25) is 11.8 Å². The van der Waals surface area contributed by atoms with Crippen LogP contribution >= 0.6 is 11.6 Å². The number of amides is 2. The summed E-state index contributed by atoms with van der Waals surface area (Å²) in [5.74, 6) is -1.33. The Hall–Kier alpha value is -3.43. The van der Waals surface area contributed by atoms with E-state index >= 15 is 0 Å². The van der Waals surface area contributed by atoms with Crippen LogP contribution in [-0.4, -0.2) is 44.3 Å². The Labute approximate surface area is 234 Å². The van der Waals surface area contributed by atoms with E-state index < -0.39 is 34.3 Å². The molecule has 1 N–H and O–H groups in total. The van der Waals surface area contributed by atoms with Crippen LogP contribution in [0.1, 0.15) is 31.9 Å². The van der Waals surface area contributed by atoms with Gasteiger partial charge in [-0.1, -0.05) is 55.3 Å². The summed E-state index contributed by atoms with van der Waals surface area (Å²) in [4.78, 5) is 28.0. The fourth-order valence-corrected chi connectivity index (χ4v) is 5.47. The lowest BCUT2D eigenvalue weighted by molar-refractivity contribution is -0.139. The summed E-state index contributed by atoms with van der Waals surface area (Å²) in [5.41, 5.74) is 1.85. The number of aryl methyl sites for hydroxylation is 1. The maximum Gasteiger partial charge on any atom is 0.264 e. The average molecular weight is 574 g/mol. The summed E-state index contributed by atoms with van der Waals surface area (Å²) in [6.07, 6.45) is 0. The third kappa shape index (κ3) is 8.03. The molecule has 3 rings (SSSR count). The topological polar surface area (TPSA) is 86.8 Å². The van der Waals surface area contributed by atoms with Crippen LogP contribution in [0, 0.1) is 18.7 Å². The lowest BCUT2D eigenvalue weighted by Gasteiger charge is -2.32. The summed E-state index contributed by atoms with van der Waals surface area (Å²) >= 11 is 6.15. The maximum absolute atomic E-state index is 13.8. The van der Waals surface area contributed by atoms with Gasteiger partial charge in [0, 0.05) is 18.1 Å². The van der Waals surface area contributed by atoms with Crippen molar-refractivity contribution in [2.75, 3.05) is 17.4 Å². The van der Waals surface area contributed by atoms with Crippen molar-refractivity contribution in [3.05, 3.63) is 94.8 Å². The molecule has 0 aliphatic carbocycles. The number of hydrogen-bond donors (Lipinski definition) is 1. The third-order valence-corrected chi connectivity index (χ3v) is 8.12. The van der Waals surface area contributed by atoms with Gasteiger partial charge in [0.05, 0.1) is 10.6 Å². The van der Waals surface area contributed by atoms with Gasteiger partial charge in [-0.15, -0.1) is 0 Å². The molecule has 7 nitrogen and oxygen atoms in total. The van der Waals surface area contributed by atoms with E-state index in [1.807, 2.05) is 20.8 Å². The second kappa shape index (κ2) is 13.1. The maximum atomic E-state index is 13.8. The SMILES string of the molecule is Cc1ccc(N(CC(=O)N(Cc2cccc(Cl)c2)C(C)C(=O)NCC(C)C)S(=O)(=O)c2ccc(F)cc2)cc1. The Bertz CT molecular complexity index is 1400. The number of nitrogens with zero attached hydrogens (tertiary/aromatic N) is 2. The van der Waals surface area contributed by atoms with Crippen molar-refractivity contribution in [3.63, 3.8) is 0 Å². The standard InChI is InChI=1S/C29H33ClFN3O4S/c1-20(2)17-32-29(36)22(4)33(18-23-6-5-7-24(30)16-23)28(35)19-34(26-12-8-21(3)9-13-26)39(37,38)27-14-10-25(31)11-15-27/h5-16,20,22H,17-19H2,1-4H3,(H,32,36). The largest absolute Gasteiger partial charge is 0.354 e. The highest BCUT2D eigenvalue weighted by Gasteiger charge is 2.32. The van der Waals surface area contributed by atoms with Crippen molar-refractivity contribution in [2.45, 2.75) is 45.2 Å². The molecule has 2 amide bonds. The van der Waals surface area contributed by atoms with Gasteiger partial charge in [-0.05, 0) is 73.9 Å². The highest BCUT2D eigenvalue weighted by molar-refractivity contribution is 7.92. The quantitative estimate of drug-likeness (QED) is 0.343. The first-order chi connectivity index (χ1) is 18.4. The molecule has 0 aliphatic rings. The van der Waals surface area contributed by atoms with E-state index in [9.17, 15) is 22.4 Å². The molecule has 3 aromatic rings. The molecule has 0 bridgehead atoms. The van der Waals surface area contributed by atoms with E-state index in [1.54, 1.807) is 55.5 Å². The fraction of sp³-hybridized carbons (Fsp3) is 0.310. The molecule has 0 saturated carbocycles. The number of rotatable bonds is 11. The van der Waals surface area contributed by atoms with E-state index in [-0.39, 0.29) is 29.0 Å². The molecule has 0 aliphatic heterocycles. The Morgan fingerprint density at radius 1 is 0.974 bits per heavy atom. The molecule has 3 aromatic carbocycles. The van der Waals surface area contributed by atoms with Gasteiger partial charge in [-0.2, -0.15) is 0 Å². The number of halogens is 2. The highest BCUT2D eigenvalue weighted by atomic mass is 35.5. The lowest BCUT2D eigenvalue weighted by Crippen LogP contribution is -2.51. The Morgan fingerprint density at radius 2 is 1.62 bits per heavy atom. The van der Waals surface area contributed by atoms with Gasteiger partial charge in [-0.3, -0.25) is 13.9 Å². The predicted molar refractivity (Wildman–Crippen MR) is 151 cm³/mol. The number of benzene rings is 3. The summed E-state index contributed by atoms with van der Waals surface area (Å²) in [5, 5.41) is 3.31. The zero-order chi connectivity index (χ0) is 28.7. The van der Waals surface area contributed by atoms with Gasteiger partial charge in [0.1, 0.15) is 18.4 Å². The van der Waals surface area contributed by atoms with Crippen LogP contribution < -0.4 is 9.62 Å². The minimum absolute atomic E-state index is 0.0357. The first-order valence-electron chi connectivity index (χ1n) is 12.5. The molecule has 208 valence electrons. The zero-order valence-electron chi connectivity index (χ0n) is 22.4. The lowest BCUT2D eigenvalue weighted by atomic mass is 10.1. The molecule has 0 saturated heterocycles. The van der Waals surface area contributed by atoms with Crippen LogP contribution in [0.25, 0.3) is 0 Å². The zero-order valence-corrected chi connectivity index (χ0v) is 24.0. The van der Waals surface area contributed by atoms with Gasteiger partial charge < -0.3 is 10.2 Å². The van der Waals surface area contributed by atoms with Gasteiger partial charge in [-0.25, -0.2) is 12.8 Å². The van der Waals surface area contributed by atoms with E-state index in [4.69, 9.17) is 11.6 Å². The van der Waals surface area contributed by atoms with Crippen LogP contribution in [0.5, 0.6) is 0 Å². The van der Waals surface area contributed by atoms with Gasteiger partial charge in [0.25, 0.3) is 10.0 Å². The molecule has 0 fully saturated rings. The van der Waals surface area contributed by atoms with Crippen molar-refractivity contribution in [1.29, 1.82) is 0 Å². The van der Waals surface area contributed by atoms with Crippen molar-refractivity contribution < 1.29 is 22.4 Å². The summed E-state index contributed by atoms with van der Waals surface area (Å²) in [6, 6.07) is 17.1. The van der Waals surface area contributed by atoms with Crippen molar-refractivity contribution in [2.24, 2.45) is 5.92 Å². The van der Waals surface area contributed by atoms with E-state index in [0.717, 1.165) is 34.1 Å². The molecule has 1 unspecified atom stereocenters. The van der Waals surface area contributed by atoms with Crippen LogP contribution in [0.2, 0.25) is 5.02 Å². The number of sulfonamides is 1. The molecular formula is C29H33ClFN3O4S. The number of hydrogen-bond acceptors (Lipinski definition) is 4. The number of carbonyl (C=O) groups is 2. The molecule has 0 heterocycles. The third-order valence-electron chi connectivity index (χ3n) is 6.10. The molecule has 1 atom stereocenters. The van der Waals surface area contributed by atoms with Crippen LogP contribution in [0.15, 0.2) is 77.7 Å². The summed E-state index contributed by atoms with van der Waals surface area (Å²) < 4.78 is 41.9. The Morgan fingerprint density at radius 3 is 2.21 bits per heavy atom. The Kier molecular flexibility index (Phi) is 10.1. The smallest absolute Gasteiger partial charge is 0.264 e.